The first-order valence-electron chi connectivity index (χ1n) is 5.16. The lowest BCUT2D eigenvalue weighted by Crippen LogP contribution is -2.30. The van der Waals surface area contributed by atoms with Crippen LogP contribution in [0.3, 0.4) is 0 Å². The summed E-state index contributed by atoms with van der Waals surface area (Å²) in [6.45, 7) is 2.89. The third-order valence-corrected chi connectivity index (χ3v) is 3.76. The molecular weight excluding hydrogens is 202 g/mol. The smallest absolute Gasteiger partial charge is 0.268 e. The lowest BCUT2D eigenvalue weighted by Gasteiger charge is -2.18. The van der Waals surface area contributed by atoms with E-state index in [0.29, 0.717) is 6.42 Å². The van der Waals surface area contributed by atoms with Crippen LogP contribution in [0.4, 0.5) is 0 Å². The zero-order valence-corrected chi connectivity index (χ0v) is 9.72. The summed E-state index contributed by atoms with van der Waals surface area (Å²) in [6.07, 6.45) is 3.17. The first-order valence-corrected chi connectivity index (χ1v) is 6.74. The molecule has 0 aromatic rings. The van der Waals surface area contributed by atoms with Crippen LogP contribution >= 0.6 is 0 Å². The summed E-state index contributed by atoms with van der Waals surface area (Å²) in [6, 6.07) is 0. The molecule has 1 unspecified atom stereocenters. The van der Waals surface area contributed by atoms with E-state index in [2.05, 4.69) is 0 Å². The summed E-state index contributed by atoms with van der Waals surface area (Å²) in [5, 5.41) is 0. The Bertz CT molecular complexity index is 263. The van der Waals surface area contributed by atoms with Crippen LogP contribution in [-0.2, 0) is 14.3 Å². The van der Waals surface area contributed by atoms with Crippen LogP contribution in [0.1, 0.15) is 32.6 Å². The molecule has 1 saturated heterocycles. The number of hydrogen-bond donors (Lipinski definition) is 0. The van der Waals surface area contributed by atoms with E-state index in [1.54, 1.807) is 0 Å². The van der Waals surface area contributed by atoms with Gasteiger partial charge < -0.3 is 0 Å². The first kappa shape index (κ1) is 11.9. The van der Waals surface area contributed by atoms with Gasteiger partial charge in [-0.25, -0.2) is 0 Å². The van der Waals surface area contributed by atoms with Gasteiger partial charge >= 0.3 is 0 Å². The van der Waals surface area contributed by atoms with Gasteiger partial charge in [0, 0.05) is 6.54 Å². The van der Waals surface area contributed by atoms with Crippen molar-refractivity contribution in [2.24, 2.45) is 0 Å². The van der Waals surface area contributed by atoms with E-state index in [0.717, 1.165) is 25.8 Å². The molecule has 0 aliphatic carbocycles. The van der Waals surface area contributed by atoms with Crippen molar-refractivity contribution in [1.29, 1.82) is 0 Å². The van der Waals surface area contributed by atoms with Crippen molar-refractivity contribution in [1.82, 2.24) is 4.90 Å². The molecule has 0 aromatic heterocycles. The molecule has 1 atom stereocenters. The fraction of sp³-hybridized carbons (Fsp3) is 1.00. The Hall–Kier alpha value is -0.130. The monoisotopic (exact) mass is 221 g/mol. The van der Waals surface area contributed by atoms with Crippen LogP contribution in [0.2, 0.25) is 0 Å². The van der Waals surface area contributed by atoms with E-state index < -0.39 is 10.1 Å². The maximum Gasteiger partial charge on any atom is 0.268 e. The van der Waals surface area contributed by atoms with Crippen molar-refractivity contribution in [3.63, 3.8) is 0 Å². The SMILES string of the molecule is CCCCS(=O)(=O)OC1CCCN1C. The van der Waals surface area contributed by atoms with Crippen molar-refractivity contribution in [3.05, 3.63) is 0 Å². The number of unbranched alkanes of at least 4 members (excludes halogenated alkanes) is 1. The zero-order chi connectivity index (χ0) is 10.6. The molecule has 0 radical (unpaired) electrons. The molecule has 1 fully saturated rings. The maximum atomic E-state index is 11.4. The standard InChI is InChI=1S/C9H19NO3S/c1-3-4-8-14(11,12)13-9-6-5-7-10(9)2/h9H,3-8H2,1-2H3. The molecule has 14 heavy (non-hydrogen) atoms. The van der Waals surface area contributed by atoms with Crippen molar-refractivity contribution in [3.8, 4) is 0 Å². The molecular formula is C9H19NO3S. The van der Waals surface area contributed by atoms with Crippen molar-refractivity contribution in [2.45, 2.75) is 38.8 Å². The number of likely N-dealkylation sites (tertiary alicyclic amines) is 1. The summed E-state index contributed by atoms with van der Waals surface area (Å²) in [5.41, 5.74) is 0. The van der Waals surface area contributed by atoms with Gasteiger partial charge in [0.15, 0.2) is 0 Å². The molecule has 0 bridgehead atoms. The van der Waals surface area contributed by atoms with Crippen molar-refractivity contribution < 1.29 is 12.6 Å². The third kappa shape index (κ3) is 3.55. The van der Waals surface area contributed by atoms with E-state index >= 15 is 0 Å². The minimum atomic E-state index is -3.30. The predicted octanol–water partition coefficient (Wildman–Crippen LogP) is 1.18. The van der Waals surface area contributed by atoms with E-state index in [1.165, 1.54) is 0 Å². The molecule has 0 amide bonds. The largest absolute Gasteiger partial charge is 0.280 e. The Morgan fingerprint density at radius 2 is 2.21 bits per heavy atom. The van der Waals surface area contributed by atoms with Gasteiger partial charge in [-0.1, -0.05) is 13.3 Å². The fourth-order valence-corrected chi connectivity index (χ4v) is 2.86. The molecule has 1 aliphatic rings. The molecule has 0 saturated carbocycles. The second-order valence-electron chi connectivity index (χ2n) is 3.79. The molecule has 4 nitrogen and oxygen atoms in total. The highest BCUT2D eigenvalue weighted by atomic mass is 32.2. The normalized spacial score (nSPS) is 24.3. The zero-order valence-electron chi connectivity index (χ0n) is 8.90. The van der Waals surface area contributed by atoms with Crippen LogP contribution < -0.4 is 0 Å². The highest BCUT2D eigenvalue weighted by molar-refractivity contribution is 7.86. The summed E-state index contributed by atoms with van der Waals surface area (Å²) in [4.78, 5) is 1.95. The molecule has 1 rings (SSSR count). The van der Waals surface area contributed by atoms with E-state index in [-0.39, 0.29) is 12.0 Å². The molecule has 84 valence electrons. The topological polar surface area (TPSA) is 46.6 Å². The Labute approximate surface area is 86.4 Å². The average Bonchev–Trinajstić information content (AvgIpc) is 2.48. The minimum Gasteiger partial charge on any atom is -0.280 e. The van der Waals surface area contributed by atoms with Gasteiger partial charge in [-0.2, -0.15) is 8.42 Å². The first-order chi connectivity index (χ1) is 6.55. The highest BCUT2D eigenvalue weighted by Crippen LogP contribution is 2.18. The molecule has 0 aromatic carbocycles. The van der Waals surface area contributed by atoms with E-state index in [4.69, 9.17) is 4.18 Å². The Morgan fingerprint density at radius 3 is 2.71 bits per heavy atom. The molecule has 5 heteroatoms. The average molecular weight is 221 g/mol. The van der Waals surface area contributed by atoms with Crippen LogP contribution in [0, 0.1) is 0 Å². The fourth-order valence-electron chi connectivity index (χ4n) is 1.54. The van der Waals surface area contributed by atoms with Gasteiger partial charge in [0.2, 0.25) is 0 Å². The quantitative estimate of drug-likeness (QED) is 0.654. The van der Waals surface area contributed by atoms with Crippen molar-refractivity contribution >= 4 is 10.1 Å². The Balaban J connectivity index is 2.42. The number of nitrogens with zero attached hydrogens (tertiary/aromatic N) is 1. The van der Waals surface area contributed by atoms with Gasteiger partial charge in [-0.15, -0.1) is 0 Å². The second kappa shape index (κ2) is 5.09. The predicted molar refractivity (Wildman–Crippen MR) is 55.4 cm³/mol. The third-order valence-electron chi connectivity index (χ3n) is 2.46. The van der Waals surface area contributed by atoms with Crippen LogP contribution in [0.25, 0.3) is 0 Å². The molecule has 0 spiro atoms. The van der Waals surface area contributed by atoms with Gasteiger partial charge in [-0.05, 0) is 26.3 Å². The van der Waals surface area contributed by atoms with Crippen LogP contribution in [0.5, 0.6) is 0 Å². The lowest BCUT2D eigenvalue weighted by atomic mass is 10.4. The second-order valence-corrected chi connectivity index (χ2v) is 5.51. The maximum absolute atomic E-state index is 11.4. The minimum absolute atomic E-state index is 0.147. The van der Waals surface area contributed by atoms with Gasteiger partial charge in [0.1, 0.15) is 6.23 Å². The number of rotatable bonds is 5. The van der Waals surface area contributed by atoms with E-state index in [9.17, 15) is 8.42 Å². The van der Waals surface area contributed by atoms with Crippen LogP contribution in [-0.4, -0.2) is 38.9 Å². The number of hydrogen-bond acceptors (Lipinski definition) is 4. The summed E-state index contributed by atoms with van der Waals surface area (Å²) in [7, 11) is -1.41. The summed E-state index contributed by atoms with van der Waals surface area (Å²) >= 11 is 0. The van der Waals surface area contributed by atoms with Gasteiger partial charge in [-0.3, -0.25) is 9.08 Å². The Morgan fingerprint density at radius 1 is 1.50 bits per heavy atom. The van der Waals surface area contributed by atoms with Gasteiger partial charge in [0.25, 0.3) is 10.1 Å². The lowest BCUT2D eigenvalue weighted by molar-refractivity contribution is 0.0879. The molecule has 1 aliphatic heterocycles. The van der Waals surface area contributed by atoms with Gasteiger partial charge in [0.05, 0.1) is 5.75 Å². The Kier molecular flexibility index (Phi) is 4.34. The molecule has 0 N–H and O–H groups in total. The van der Waals surface area contributed by atoms with Crippen LogP contribution in [0.15, 0.2) is 0 Å². The summed E-state index contributed by atoms with van der Waals surface area (Å²) < 4.78 is 28.0. The molecule has 1 heterocycles. The van der Waals surface area contributed by atoms with E-state index in [1.807, 2.05) is 18.9 Å². The highest BCUT2D eigenvalue weighted by Gasteiger charge is 2.26. The summed E-state index contributed by atoms with van der Waals surface area (Å²) in [5.74, 6) is 0.147. The van der Waals surface area contributed by atoms with Crippen molar-refractivity contribution in [2.75, 3.05) is 19.3 Å².